The Bertz CT molecular complexity index is 900. The van der Waals surface area contributed by atoms with Crippen molar-refractivity contribution in [3.05, 3.63) is 95.2 Å². The number of nitrogens with one attached hydrogen (secondary N) is 1. The molecular formula is C22H20FNO3. The Kier molecular flexibility index (Phi) is 5.81. The van der Waals surface area contributed by atoms with Crippen molar-refractivity contribution in [3.63, 3.8) is 0 Å². The number of hydrogen-bond donors (Lipinski definition) is 1. The van der Waals surface area contributed by atoms with Gasteiger partial charge in [0, 0.05) is 12.0 Å². The summed E-state index contributed by atoms with van der Waals surface area (Å²) in [6.07, 6.45) is 1.96. The van der Waals surface area contributed by atoms with E-state index in [4.69, 9.17) is 4.42 Å². The molecule has 5 heteroatoms. The van der Waals surface area contributed by atoms with Crippen molar-refractivity contribution in [2.24, 2.45) is 0 Å². The van der Waals surface area contributed by atoms with Gasteiger partial charge >= 0.3 is 0 Å². The second kappa shape index (κ2) is 8.45. The van der Waals surface area contributed by atoms with Gasteiger partial charge in [0.15, 0.2) is 5.78 Å². The van der Waals surface area contributed by atoms with E-state index >= 15 is 0 Å². The van der Waals surface area contributed by atoms with Gasteiger partial charge in [-0.25, -0.2) is 4.39 Å². The lowest BCUT2D eigenvalue weighted by Gasteiger charge is -2.16. The van der Waals surface area contributed by atoms with E-state index in [-0.39, 0.29) is 18.2 Å². The predicted octanol–water partition coefficient (Wildman–Crippen LogP) is 4.05. The van der Waals surface area contributed by atoms with E-state index in [0.29, 0.717) is 17.7 Å². The number of ketones is 1. The van der Waals surface area contributed by atoms with Crippen molar-refractivity contribution in [2.45, 2.75) is 19.3 Å². The molecule has 3 aromatic rings. The first-order chi connectivity index (χ1) is 13.0. The van der Waals surface area contributed by atoms with E-state index < -0.39 is 11.7 Å². The minimum atomic E-state index is -0.474. The summed E-state index contributed by atoms with van der Waals surface area (Å²) in [7, 11) is 0. The van der Waals surface area contributed by atoms with Gasteiger partial charge in [-0.3, -0.25) is 9.59 Å². The Morgan fingerprint density at radius 1 is 1.04 bits per heavy atom. The molecule has 27 heavy (non-hydrogen) atoms. The fraction of sp³-hybridized carbons (Fsp3) is 0.182. The van der Waals surface area contributed by atoms with E-state index in [9.17, 15) is 14.0 Å². The van der Waals surface area contributed by atoms with E-state index in [0.717, 1.165) is 11.1 Å². The van der Waals surface area contributed by atoms with Gasteiger partial charge in [0.2, 0.25) is 5.91 Å². The number of aryl methyl sites for hydroxylation is 1. The number of benzene rings is 2. The minimum absolute atomic E-state index is 0.148. The molecule has 0 fully saturated rings. The number of Topliss-reactive ketones (excluding diaryl/α,β-unsaturated/α-hetero) is 1. The molecule has 0 radical (unpaired) electrons. The summed E-state index contributed by atoms with van der Waals surface area (Å²) in [5, 5.41) is 2.70. The van der Waals surface area contributed by atoms with Gasteiger partial charge in [-0.1, -0.05) is 29.8 Å². The maximum Gasteiger partial charge on any atom is 0.228 e. The molecule has 1 N–H and O–H groups in total. The first kappa shape index (κ1) is 18.6. The molecule has 1 aromatic heterocycles. The highest BCUT2D eigenvalue weighted by atomic mass is 19.1. The molecule has 3 rings (SSSR count). The van der Waals surface area contributed by atoms with Gasteiger partial charge in [0.1, 0.15) is 11.6 Å². The number of furan rings is 1. The van der Waals surface area contributed by atoms with Crippen LogP contribution in [0.25, 0.3) is 0 Å². The van der Waals surface area contributed by atoms with Crippen molar-refractivity contribution >= 4 is 11.7 Å². The van der Waals surface area contributed by atoms with Crippen LogP contribution in [0.15, 0.2) is 71.3 Å². The molecule has 0 spiro atoms. The van der Waals surface area contributed by atoms with Crippen LogP contribution in [-0.2, 0) is 11.2 Å². The molecule has 0 saturated heterocycles. The molecule has 0 aliphatic heterocycles. The molecule has 0 bridgehead atoms. The highest BCUT2D eigenvalue weighted by Gasteiger charge is 2.23. The van der Waals surface area contributed by atoms with Crippen LogP contribution in [0.1, 0.15) is 33.2 Å². The van der Waals surface area contributed by atoms with Crippen molar-refractivity contribution < 1.29 is 18.4 Å². The zero-order valence-electron chi connectivity index (χ0n) is 14.9. The molecular weight excluding hydrogens is 345 g/mol. The zero-order chi connectivity index (χ0) is 19.2. The fourth-order valence-corrected chi connectivity index (χ4v) is 2.82. The molecule has 1 atom stereocenters. The summed E-state index contributed by atoms with van der Waals surface area (Å²) in [6.45, 7) is 1.83. The molecule has 1 unspecified atom stereocenters. The molecule has 1 heterocycles. The van der Waals surface area contributed by atoms with Crippen LogP contribution in [0.2, 0.25) is 0 Å². The van der Waals surface area contributed by atoms with Crippen LogP contribution in [0.4, 0.5) is 4.39 Å². The van der Waals surface area contributed by atoms with Gasteiger partial charge in [0.05, 0.1) is 18.7 Å². The minimum Gasteiger partial charge on any atom is -0.469 e. The Hall–Kier alpha value is -3.21. The third-order valence-corrected chi connectivity index (χ3v) is 4.37. The van der Waals surface area contributed by atoms with Gasteiger partial charge < -0.3 is 9.73 Å². The Morgan fingerprint density at radius 2 is 1.74 bits per heavy atom. The standard InChI is InChI=1S/C22H20FNO3/c1-15-4-6-16(7-5-15)20(13-19-3-2-12-27-19)22(26)24-14-21(25)17-8-10-18(23)11-9-17/h2-12,20H,13-14H2,1H3,(H,24,26). The molecule has 0 aliphatic carbocycles. The number of hydrogen-bond acceptors (Lipinski definition) is 3. The van der Waals surface area contributed by atoms with Crippen LogP contribution >= 0.6 is 0 Å². The van der Waals surface area contributed by atoms with Gasteiger partial charge in [-0.05, 0) is 48.9 Å². The van der Waals surface area contributed by atoms with E-state index in [2.05, 4.69) is 5.32 Å². The summed E-state index contributed by atoms with van der Waals surface area (Å²) in [5.74, 6) is -0.721. The van der Waals surface area contributed by atoms with E-state index in [1.54, 1.807) is 12.3 Å². The zero-order valence-corrected chi connectivity index (χ0v) is 14.9. The maximum atomic E-state index is 13.0. The number of rotatable bonds is 7. The lowest BCUT2D eigenvalue weighted by atomic mass is 9.93. The summed E-state index contributed by atoms with van der Waals surface area (Å²) < 4.78 is 18.4. The first-order valence-electron chi connectivity index (χ1n) is 8.68. The van der Waals surface area contributed by atoms with Gasteiger partial charge in [-0.2, -0.15) is 0 Å². The van der Waals surface area contributed by atoms with Crippen molar-refractivity contribution in [3.8, 4) is 0 Å². The van der Waals surface area contributed by atoms with Crippen molar-refractivity contribution in [1.82, 2.24) is 5.32 Å². The topological polar surface area (TPSA) is 59.3 Å². The molecule has 4 nitrogen and oxygen atoms in total. The number of carbonyl (C=O) groups excluding carboxylic acids is 2. The van der Waals surface area contributed by atoms with Crippen LogP contribution in [0, 0.1) is 12.7 Å². The molecule has 2 aromatic carbocycles. The first-order valence-corrected chi connectivity index (χ1v) is 8.68. The summed E-state index contributed by atoms with van der Waals surface area (Å²) >= 11 is 0. The van der Waals surface area contributed by atoms with Crippen LogP contribution in [0.3, 0.4) is 0 Å². The number of halogens is 1. The Balaban J connectivity index is 1.71. The SMILES string of the molecule is Cc1ccc(C(Cc2ccco2)C(=O)NCC(=O)c2ccc(F)cc2)cc1. The summed E-state index contributed by atoms with van der Waals surface area (Å²) in [6, 6.07) is 16.6. The summed E-state index contributed by atoms with van der Waals surface area (Å²) in [5.41, 5.74) is 2.31. The monoisotopic (exact) mass is 365 g/mol. The third kappa shape index (κ3) is 4.91. The molecule has 1 amide bonds. The highest BCUT2D eigenvalue weighted by molar-refractivity contribution is 5.99. The molecule has 0 aliphatic rings. The highest BCUT2D eigenvalue weighted by Crippen LogP contribution is 2.22. The van der Waals surface area contributed by atoms with Gasteiger partial charge in [-0.15, -0.1) is 0 Å². The van der Waals surface area contributed by atoms with E-state index in [1.165, 1.54) is 24.3 Å². The lowest BCUT2D eigenvalue weighted by Crippen LogP contribution is -2.34. The second-order valence-corrected chi connectivity index (χ2v) is 6.39. The fourth-order valence-electron chi connectivity index (χ4n) is 2.82. The Morgan fingerprint density at radius 3 is 2.37 bits per heavy atom. The maximum absolute atomic E-state index is 13.0. The van der Waals surface area contributed by atoms with E-state index in [1.807, 2.05) is 37.3 Å². The number of amides is 1. The lowest BCUT2D eigenvalue weighted by molar-refractivity contribution is -0.122. The predicted molar refractivity (Wildman–Crippen MR) is 100 cm³/mol. The average molecular weight is 365 g/mol. The van der Waals surface area contributed by atoms with Crippen LogP contribution < -0.4 is 5.32 Å². The summed E-state index contributed by atoms with van der Waals surface area (Å²) in [4.78, 5) is 25.0. The van der Waals surface area contributed by atoms with Crippen LogP contribution in [0.5, 0.6) is 0 Å². The smallest absolute Gasteiger partial charge is 0.228 e. The van der Waals surface area contributed by atoms with Crippen LogP contribution in [-0.4, -0.2) is 18.2 Å². The second-order valence-electron chi connectivity index (χ2n) is 6.39. The largest absolute Gasteiger partial charge is 0.469 e. The average Bonchev–Trinajstić information content (AvgIpc) is 3.18. The molecule has 138 valence electrons. The quantitative estimate of drug-likeness (QED) is 0.643. The number of carbonyl (C=O) groups is 2. The third-order valence-electron chi connectivity index (χ3n) is 4.37. The normalized spacial score (nSPS) is 11.8. The van der Waals surface area contributed by atoms with Gasteiger partial charge in [0.25, 0.3) is 0 Å². The van der Waals surface area contributed by atoms with Crippen molar-refractivity contribution in [1.29, 1.82) is 0 Å². The Labute approximate surface area is 157 Å². The van der Waals surface area contributed by atoms with Crippen molar-refractivity contribution in [2.75, 3.05) is 6.54 Å². The molecule has 0 saturated carbocycles.